The lowest BCUT2D eigenvalue weighted by Crippen LogP contribution is -2.08. The van der Waals surface area contributed by atoms with Gasteiger partial charge in [-0.15, -0.1) is 0 Å². The van der Waals surface area contributed by atoms with Crippen molar-refractivity contribution in [2.75, 3.05) is 11.9 Å². The minimum Gasteiger partial charge on any atom is -0.478 e. The number of aryl methyl sites for hydroxylation is 2. The van der Waals surface area contributed by atoms with Gasteiger partial charge in [-0.3, -0.25) is 0 Å². The molecule has 2 N–H and O–H groups in total. The number of nitrogens with one attached hydrogen (secondary N) is 1. The smallest absolute Gasteiger partial charge is 0.335 e. The molecular formula is C15H17N3O2. The molecule has 20 heavy (non-hydrogen) atoms. The number of anilines is 1. The summed E-state index contributed by atoms with van der Waals surface area (Å²) in [6.07, 6.45) is 0.739. The second-order valence-electron chi connectivity index (χ2n) is 4.62. The zero-order valence-electron chi connectivity index (χ0n) is 11.6. The van der Waals surface area contributed by atoms with Crippen LogP contribution in [0.25, 0.3) is 0 Å². The normalized spacial score (nSPS) is 10.3. The Hall–Kier alpha value is -2.43. The molecule has 0 radical (unpaired) electrons. The summed E-state index contributed by atoms with van der Waals surface area (Å²) in [7, 11) is 0. The first-order valence-electron chi connectivity index (χ1n) is 6.43. The Bertz CT molecular complexity index is 606. The van der Waals surface area contributed by atoms with E-state index in [0.29, 0.717) is 12.1 Å². The lowest BCUT2D eigenvalue weighted by atomic mass is 10.1. The Morgan fingerprint density at radius 1 is 1.25 bits per heavy atom. The molecule has 0 aliphatic carbocycles. The first kappa shape index (κ1) is 14.0. The molecule has 0 atom stereocenters. The average Bonchev–Trinajstić information content (AvgIpc) is 2.38. The van der Waals surface area contributed by atoms with Gasteiger partial charge in [-0.1, -0.05) is 12.1 Å². The van der Waals surface area contributed by atoms with Crippen LogP contribution in [0.2, 0.25) is 0 Å². The molecule has 1 aromatic carbocycles. The summed E-state index contributed by atoms with van der Waals surface area (Å²) in [6, 6.07) is 8.86. The zero-order chi connectivity index (χ0) is 14.5. The molecule has 104 valence electrons. The van der Waals surface area contributed by atoms with Crippen molar-refractivity contribution >= 4 is 11.8 Å². The second-order valence-corrected chi connectivity index (χ2v) is 4.62. The number of benzene rings is 1. The quantitative estimate of drug-likeness (QED) is 0.873. The zero-order valence-corrected chi connectivity index (χ0v) is 11.6. The first-order chi connectivity index (χ1) is 9.54. The highest BCUT2D eigenvalue weighted by molar-refractivity contribution is 5.87. The third-order valence-electron chi connectivity index (χ3n) is 2.86. The van der Waals surface area contributed by atoms with Gasteiger partial charge in [0.15, 0.2) is 0 Å². The fraction of sp³-hybridized carbons (Fsp3) is 0.267. The molecule has 0 amide bonds. The maximum atomic E-state index is 10.9. The lowest BCUT2D eigenvalue weighted by molar-refractivity contribution is 0.0697. The van der Waals surface area contributed by atoms with Crippen molar-refractivity contribution in [3.05, 3.63) is 53.0 Å². The van der Waals surface area contributed by atoms with Crippen LogP contribution in [-0.4, -0.2) is 27.6 Å². The minimum absolute atomic E-state index is 0.316. The summed E-state index contributed by atoms with van der Waals surface area (Å²) < 4.78 is 0. The molecule has 5 heteroatoms. The van der Waals surface area contributed by atoms with Crippen LogP contribution in [0.15, 0.2) is 30.3 Å². The lowest BCUT2D eigenvalue weighted by Gasteiger charge is -2.07. The molecule has 0 saturated heterocycles. The van der Waals surface area contributed by atoms with Crippen LogP contribution in [0.5, 0.6) is 0 Å². The van der Waals surface area contributed by atoms with E-state index in [0.717, 1.165) is 29.3 Å². The Labute approximate surface area is 117 Å². The van der Waals surface area contributed by atoms with Crippen LogP contribution in [0, 0.1) is 13.8 Å². The number of hydrogen-bond acceptors (Lipinski definition) is 4. The minimum atomic E-state index is -0.901. The van der Waals surface area contributed by atoms with E-state index in [9.17, 15) is 4.79 Å². The Balaban J connectivity index is 1.95. The number of nitrogens with zero attached hydrogens (tertiary/aromatic N) is 2. The van der Waals surface area contributed by atoms with Gasteiger partial charge in [0.1, 0.15) is 11.6 Å². The van der Waals surface area contributed by atoms with Crippen LogP contribution in [0.3, 0.4) is 0 Å². The average molecular weight is 271 g/mol. The molecule has 1 aromatic heterocycles. The van der Waals surface area contributed by atoms with Crippen molar-refractivity contribution in [3.63, 3.8) is 0 Å². The van der Waals surface area contributed by atoms with E-state index in [1.165, 1.54) is 0 Å². The van der Waals surface area contributed by atoms with E-state index >= 15 is 0 Å². The van der Waals surface area contributed by atoms with Crippen LogP contribution >= 0.6 is 0 Å². The summed E-state index contributed by atoms with van der Waals surface area (Å²) >= 11 is 0. The van der Waals surface area contributed by atoms with Gasteiger partial charge in [0.2, 0.25) is 0 Å². The van der Waals surface area contributed by atoms with E-state index in [4.69, 9.17) is 5.11 Å². The third kappa shape index (κ3) is 3.78. The molecule has 2 rings (SSSR count). The van der Waals surface area contributed by atoms with Crippen LogP contribution in [0.4, 0.5) is 5.82 Å². The van der Waals surface area contributed by atoms with Crippen molar-refractivity contribution in [1.29, 1.82) is 0 Å². The molecule has 0 aliphatic rings. The SMILES string of the molecule is Cc1cc(NCCc2cccc(C(=O)O)c2)nc(C)n1. The van der Waals surface area contributed by atoms with Crippen molar-refractivity contribution in [1.82, 2.24) is 9.97 Å². The highest BCUT2D eigenvalue weighted by Gasteiger charge is 2.03. The topological polar surface area (TPSA) is 75.1 Å². The van der Waals surface area contributed by atoms with Gasteiger partial charge in [0.25, 0.3) is 0 Å². The number of carboxylic acid groups (broad SMARTS) is 1. The summed E-state index contributed by atoms with van der Waals surface area (Å²) in [5, 5.41) is 12.2. The number of aromatic nitrogens is 2. The predicted molar refractivity (Wildman–Crippen MR) is 77.1 cm³/mol. The summed E-state index contributed by atoms with van der Waals surface area (Å²) in [5.74, 6) is 0.631. The highest BCUT2D eigenvalue weighted by Crippen LogP contribution is 2.08. The fourth-order valence-electron chi connectivity index (χ4n) is 2.00. The van der Waals surface area contributed by atoms with Gasteiger partial charge in [-0.25, -0.2) is 14.8 Å². The Morgan fingerprint density at radius 3 is 2.75 bits per heavy atom. The maximum absolute atomic E-state index is 10.9. The summed E-state index contributed by atoms with van der Waals surface area (Å²) in [5.41, 5.74) is 2.23. The van der Waals surface area contributed by atoms with Crippen molar-refractivity contribution < 1.29 is 9.90 Å². The van der Waals surface area contributed by atoms with E-state index in [-0.39, 0.29) is 0 Å². The van der Waals surface area contributed by atoms with Crippen LogP contribution in [-0.2, 0) is 6.42 Å². The standard InChI is InChI=1S/C15H17N3O2/c1-10-8-14(18-11(2)17-10)16-7-6-12-4-3-5-13(9-12)15(19)20/h3-5,8-9H,6-7H2,1-2H3,(H,19,20)(H,16,17,18). The second kappa shape index (κ2) is 6.14. The Morgan fingerprint density at radius 2 is 2.05 bits per heavy atom. The first-order valence-corrected chi connectivity index (χ1v) is 6.43. The van der Waals surface area contributed by atoms with E-state index in [2.05, 4.69) is 15.3 Å². The molecule has 0 fully saturated rings. The van der Waals surface area contributed by atoms with E-state index in [1.54, 1.807) is 18.2 Å². The number of rotatable bonds is 5. The van der Waals surface area contributed by atoms with Crippen molar-refractivity contribution in [2.24, 2.45) is 0 Å². The van der Waals surface area contributed by atoms with Crippen molar-refractivity contribution in [3.8, 4) is 0 Å². The summed E-state index contributed by atoms with van der Waals surface area (Å²) in [6.45, 7) is 4.48. The van der Waals surface area contributed by atoms with Crippen molar-refractivity contribution in [2.45, 2.75) is 20.3 Å². The predicted octanol–water partition coefficient (Wildman–Crippen LogP) is 2.45. The third-order valence-corrected chi connectivity index (χ3v) is 2.86. The van der Waals surface area contributed by atoms with E-state index in [1.807, 2.05) is 26.0 Å². The molecule has 0 unspecified atom stereocenters. The molecule has 0 bridgehead atoms. The van der Waals surface area contributed by atoms with E-state index < -0.39 is 5.97 Å². The number of carboxylic acids is 1. The number of hydrogen-bond donors (Lipinski definition) is 2. The fourth-order valence-corrected chi connectivity index (χ4v) is 2.00. The molecule has 0 saturated carbocycles. The van der Waals surface area contributed by atoms with Gasteiger partial charge in [-0.2, -0.15) is 0 Å². The van der Waals surface area contributed by atoms with Gasteiger partial charge in [0.05, 0.1) is 5.56 Å². The largest absolute Gasteiger partial charge is 0.478 e. The van der Waals surface area contributed by atoms with Crippen LogP contribution in [0.1, 0.15) is 27.4 Å². The monoisotopic (exact) mass is 271 g/mol. The molecule has 5 nitrogen and oxygen atoms in total. The Kier molecular flexibility index (Phi) is 4.30. The van der Waals surface area contributed by atoms with Crippen LogP contribution < -0.4 is 5.32 Å². The molecule has 1 heterocycles. The number of aromatic carboxylic acids is 1. The van der Waals surface area contributed by atoms with Gasteiger partial charge < -0.3 is 10.4 Å². The molecular weight excluding hydrogens is 254 g/mol. The van der Waals surface area contributed by atoms with Gasteiger partial charge in [0, 0.05) is 18.3 Å². The highest BCUT2D eigenvalue weighted by atomic mass is 16.4. The number of carbonyl (C=O) groups is 1. The van der Waals surface area contributed by atoms with Gasteiger partial charge >= 0.3 is 5.97 Å². The molecule has 0 aliphatic heterocycles. The molecule has 0 spiro atoms. The molecule has 2 aromatic rings. The maximum Gasteiger partial charge on any atom is 0.335 e. The summed E-state index contributed by atoms with van der Waals surface area (Å²) in [4.78, 5) is 19.4. The van der Waals surface area contributed by atoms with Gasteiger partial charge in [-0.05, 0) is 38.0 Å².